The van der Waals surface area contributed by atoms with Gasteiger partial charge in [-0.15, -0.1) is 0 Å². The Morgan fingerprint density at radius 3 is 2.75 bits per heavy atom. The van der Waals surface area contributed by atoms with Gasteiger partial charge in [0, 0.05) is 28.5 Å². The summed E-state index contributed by atoms with van der Waals surface area (Å²) >= 11 is 5.85. The van der Waals surface area contributed by atoms with Crippen LogP contribution in [0.2, 0.25) is 5.02 Å². The zero-order valence-corrected chi connectivity index (χ0v) is 9.03. The third kappa shape index (κ3) is 2.21. The maximum Gasteiger partial charge on any atom is 0.124 e. The Morgan fingerprint density at radius 2 is 2.12 bits per heavy atom. The van der Waals surface area contributed by atoms with Crippen LogP contribution < -0.4 is 0 Å². The van der Waals surface area contributed by atoms with Gasteiger partial charge in [0.2, 0.25) is 0 Å². The molecule has 0 saturated carbocycles. The lowest BCUT2D eigenvalue weighted by Gasteiger charge is -2.12. The van der Waals surface area contributed by atoms with Crippen molar-refractivity contribution in [3.8, 4) is 0 Å². The molecule has 1 N–H and O–H groups in total. The fourth-order valence-electron chi connectivity index (χ4n) is 1.44. The van der Waals surface area contributed by atoms with Crippen LogP contribution in [0.25, 0.3) is 0 Å². The largest absolute Gasteiger partial charge is 0.384 e. The maximum absolute atomic E-state index is 12.8. The lowest BCUT2D eigenvalue weighted by molar-refractivity contribution is 0.220. The van der Waals surface area contributed by atoms with E-state index in [1.807, 2.05) is 0 Å². The second-order valence-electron chi connectivity index (χ2n) is 3.35. The van der Waals surface area contributed by atoms with Crippen LogP contribution in [0.3, 0.4) is 0 Å². The van der Waals surface area contributed by atoms with E-state index in [0.717, 1.165) is 0 Å². The minimum atomic E-state index is -0.887. The summed E-state index contributed by atoms with van der Waals surface area (Å²) in [6.07, 6.45) is 2.27. The fourth-order valence-corrected chi connectivity index (χ4v) is 1.71. The average molecular weight is 238 g/mol. The van der Waals surface area contributed by atoms with Crippen molar-refractivity contribution >= 4 is 11.6 Å². The summed E-state index contributed by atoms with van der Waals surface area (Å²) < 4.78 is 12.8. The van der Waals surface area contributed by atoms with Gasteiger partial charge in [0.1, 0.15) is 11.9 Å². The number of hydrogen-bond donors (Lipinski definition) is 1. The Labute approximate surface area is 97.3 Å². The average Bonchev–Trinajstić information content (AvgIpc) is 2.29. The van der Waals surface area contributed by atoms with Crippen LogP contribution in [0, 0.1) is 5.82 Å². The summed E-state index contributed by atoms with van der Waals surface area (Å²) in [5.74, 6) is -0.424. The molecule has 2 nitrogen and oxygen atoms in total. The van der Waals surface area contributed by atoms with E-state index in [-0.39, 0.29) is 5.02 Å². The molecule has 2 rings (SSSR count). The van der Waals surface area contributed by atoms with E-state index in [9.17, 15) is 9.50 Å². The molecule has 1 atom stereocenters. The quantitative estimate of drug-likeness (QED) is 0.871. The second kappa shape index (κ2) is 4.60. The van der Waals surface area contributed by atoms with Crippen molar-refractivity contribution < 1.29 is 9.50 Å². The van der Waals surface area contributed by atoms with Crippen molar-refractivity contribution in [1.29, 1.82) is 0 Å². The smallest absolute Gasteiger partial charge is 0.124 e. The number of aliphatic hydroxyl groups excluding tert-OH is 1. The van der Waals surface area contributed by atoms with Crippen LogP contribution in [-0.2, 0) is 0 Å². The number of rotatable bonds is 2. The van der Waals surface area contributed by atoms with Gasteiger partial charge >= 0.3 is 0 Å². The normalized spacial score (nSPS) is 12.4. The molecule has 0 spiro atoms. The third-order valence-electron chi connectivity index (χ3n) is 2.26. The van der Waals surface area contributed by atoms with E-state index in [4.69, 9.17) is 11.6 Å². The fraction of sp³-hybridized carbons (Fsp3) is 0.0833. The monoisotopic (exact) mass is 237 g/mol. The number of halogens is 2. The Kier molecular flexibility index (Phi) is 3.17. The van der Waals surface area contributed by atoms with Crippen LogP contribution in [0.15, 0.2) is 42.7 Å². The summed E-state index contributed by atoms with van der Waals surface area (Å²) in [7, 11) is 0. The van der Waals surface area contributed by atoms with Gasteiger partial charge in [-0.3, -0.25) is 4.98 Å². The summed E-state index contributed by atoms with van der Waals surface area (Å²) in [6.45, 7) is 0. The summed E-state index contributed by atoms with van der Waals surface area (Å²) in [4.78, 5) is 3.90. The minimum absolute atomic E-state index is 0.205. The molecule has 2 aromatic rings. The Hall–Kier alpha value is -1.45. The maximum atomic E-state index is 12.8. The molecule has 0 fully saturated rings. The molecule has 1 aromatic carbocycles. The first kappa shape index (κ1) is 11.0. The Balaban J connectivity index is 2.38. The van der Waals surface area contributed by atoms with Crippen molar-refractivity contribution in [2.45, 2.75) is 6.10 Å². The minimum Gasteiger partial charge on any atom is -0.384 e. The molecule has 82 valence electrons. The summed E-state index contributed by atoms with van der Waals surface area (Å²) in [5, 5.41) is 10.2. The number of aliphatic hydroxyl groups is 1. The number of benzene rings is 1. The third-order valence-corrected chi connectivity index (χ3v) is 2.58. The molecule has 1 heterocycles. The lowest BCUT2D eigenvalue weighted by atomic mass is 10.0. The first-order chi connectivity index (χ1) is 7.68. The first-order valence-corrected chi connectivity index (χ1v) is 5.09. The molecular formula is C12H9ClFNO. The van der Waals surface area contributed by atoms with Crippen LogP contribution in [0.4, 0.5) is 4.39 Å². The highest BCUT2D eigenvalue weighted by atomic mass is 35.5. The van der Waals surface area contributed by atoms with Gasteiger partial charge in [0.05, 0.1) is 0 Å². The summed E-state index contributed by atoms with van der Waals surface area (Å²) in [6, 6.07) is 7.36. The van der Waals surface area contributed by atoms with E-state index >= 15 is 0 Å². The van der Waals surface area contributed by atoms with Gasteiger partial charge in [-0.05, 0) is 18.2 Å². The topological polar surface area (TPSA) is 33.1 Å². The zero-order valence-electron chi connectivity index (χ0n) is 8.27. The molecule has 0 radical (unpaired) electrons. The van der Waals surface area contributed by atoms with Gasteiger partial charge in [0.15, 0.2) is 0 Å². The molecule has 16 heavy (non-hydrogen) atoms. The van der Waals surface area contributed by atoms with Gasteiger partial charge in [-0.1, -0.05) is 23.7 Å². The van der Waals surface area contributed by atoms with E-state index < -0.39 is 11.9 Å². The predicted molar refractivity (Wildman–Crippen MR) is 59.7 cm³/mol. The van der Waals surface area contributed by atoms with Gasteiger partial charge in [0.25, 0.3) is 0 Å². The number of hydrogen-bond acceptors (Lipinski definition) is 2. The molecule has 1 unspecified atom stereocenters. The Bertz CT molecular complexity index is 490. The van der Waals surface area contributed by atoms with Gasteiger partial charge in [-0.2, -0.15) is 0 Å². The highest BCUT2D eigenvalue weighted by Gasteiger charge is 2.14. The molecule has 1 aromatic heterocycles. The lowest BCUT2D eigenvalue weighted by Crippen LogP contribution is -2.01. The number of pyridine rings is 1. The molecule has 0 amide bonds. The standard InChI is InChI=1S/C12H9ClFNO/c13-11-6-9(14)3-4-10(11)12(16)8-2-1-5-15-7-8/h1-7,12,16H. The van der Waals surface area contributed by atoms with Gasteiger partial charge in [-0.25, -0.2) is 4.39 Å². The van der Waals surface area contributed by atoms with Gasteiger partial charge < -0.3 is 5.11 Å². The van der Waals surface area contributed by atoms with Crippen LogP contribution in [0.1, 0.15) is 17.2 Å². The SMILES string of the molecule is OC(c1cccnc1)c1ccc(F)cc1Cl. The molecule has 4 heteroatoms. The second-order valence-corrected chi connectivity index (χ2v) is 3.76. The van der Waals surface area contributed by atoms with E-state index in [2.05, 4.69) is 4.98 Å². The van der Waals surface area contributed by atoms with Crippen molar-refractivity contribution in [3.05, 3.63) is 64.7 Å². The van der Waals surface area contributed by atoms with E-state index in [0.29, 0.717) is 11.1 Å². The highest BCUT2D eigenvalue weighted by molar-refractivity contribution is 6.31. The predicted octanol–water partition coefficient (Wildman–Crippen LogP) is 2.96. The highest BCUT2D eigenvalue weighted by Crippen LogP contribution is 2.28. The van der Waals surface area contributed by atoms with Crippen molar-refractivity contribution in [3.63, 3.8) is 0 Å². The summed E-state index contributed by atoms with van der Waals surface area (Å²) in [5.41, 5.74) is 1.09. The van der Waals surface area contributed by atoms with Crippen molar-refractivity contribution in [1.82, 2.24) is 4.98 Å². The molecule has 0 aliphatic heterocycles. The number of aromatic nitrogens is 1. The van der Waals surface area contributed by atoms with Crippen LogP contribution >= 0.6 is 11.6 Å². The van der Waals surface area contributed by atoms with Crippen molar-refractivity contribution in [2.24, 2.45) is 0 Å². The Morgan fingerprint density at radius 1 is 1.31 bits per heavy atom. The number of nitrogens with zero attached hydrogens (tertiary/aromatic N) is 1. The molecule has 0 aliphatic carbocycles. The van der Waals surface area contributed by atoms with Crippen LogP contribution in [0.5, 0.6) is 0 Å². The first-order valence-electron chi connectivity index (χ1n) is 4.71. The van der Waals surface area contributed by atoms with Crippen LogP contribution in [-0.4, -0.2) is 10.1 Å². The molecule has 0 saturated heterocycles. The zero-order chi connectivity index (χ0) is 11.5. The molecule has 0 aliphatic rings. The van der Waals surface area contributed by atoms with E-state index in [1.165, 1.54) is 18.2 Å². The molecule has 0 bridgehead atoms. The van der Waals surface area contributed by atoms with E-state index in [1.54, 1.807) is 24.5 Å². The molecular weight excluding hydrogens is 229 g/mol. The van der Waals surface area contributed by atoms with Crippen molar-refractivity contribution in [2.75, 3.05) is 0 Å².